The third kappa shape index (κ3) is 8.54. The molecule has 0 aromatic carbocycles. The van der Waals surface area contributed by atoms with Crippen LogP contribution in [0.3, 0.4) is 0 Å². The maximum Gasteiger partial charge on any atom is 0.303 e. The first-order valence-corrected chi connectivity index (χ1v) is 10.5. The lowest BCUT2D eigenvalue weighted by molar-refractivity contribution is -0.137. The van der Waals surface area contributed by atoms with E-state index in [-0.39, 0.29) is 30.5 Å². The normalized spacial score (nSPS) is 25.8. The summed E-state index contributed by atoms with van der Waals surface area (Å²) in [5.74, 6) is 0.0373. The van der Waals surface area contributed by atoms with E-state index >= 15 is 0 Å². The van der Waals surface area contributed by atoms with Crippen LogP contribution in [0, 0.1) is 17.8 Å². The summed E-state index contributed by atoms with van der Waals surface area (Å²) in [4.78, 5) is 10.5. The Hall–Kier alpha value is -0.610. The molecule has 1 fully saturated rings. The number of carbonyl (C=O) groups is 1. The van der Waals surface area contributed by atoms with E-state index in [0.717, 1.165) is 51.4 Å². The van der Waals surface area contributed by atoms with Gasteiger partial charge in [0.25, 0.3) is 0 Å². The fourth-order valence-electron chi connectivity index (χ4n) is 4.40. The van der Waals surface area contributed by atoms with E-state index < -0.39 is 5.97 Å². The van der Waals surface area contributed by atoms with Gasteiger partial charge in [0.05, 0.1) is 12.2 Å². The topological polar surface area (TPSA) is 77.8 Å². The maximum atomic E-state index is 10.8. The Morgan fingerprint density at radius 3 is 2.40 bits per heavy atom. The molecular formula is C21H40O4. The average Bonchev–Trinajstić information content (AvgIpc) is 2.94. The summed E-state index contributed by atoms with van der Waals surface area (Å²) in [6, 6.07) is 0. The molecule has 0 radical (unpaired) electrons. The lowest BCUT2D eigenvalue weighted by atomic mass is 9.80. The molecule has 0 saturated heterocycles. The minimum atomic E-state index is -0.720. The molecule has 4 nitrogen and oxygen atoms in total. The van der Waals surface area contributed by atoms with Gasteiger partial charge >= 0.3 is 5.97 Å². The second kappa shape index (κ2) is 12.7. The third-order valence-corrected chi connectivity index (χ3v) is 6.05. The van der Waals surface area contributed by atoms with E-state index in [0.29, 0.717) is 5.92 Å². The molecular weight excluding hydrogens is 316 g/mol. The summed E-state index contributed by atoms with van der Waals surface area (Å²) in [6.45, 7) is 4.37. The molecule has 148 valence electrons. The minimum Gasteiger partial charge on any atom is -0.481 e. The van der Waals surface area contributed by atoms with Crippen LogP contribution in [-0.4, -0.2) is 33.5 Å². The van der Waals surface area contributed by atoms with Crippen LogP contribution in [-0.2, 0) is 4.79 Å². The molecule has 0 amide bonds. The summed E-state index contributed by atoms with van der Waals surface area (Å²) < 4.78 is 0. The molecule has 1 rings (SSSR count). The van der Waals surface area contributed by atoms with Gasteiger partial charge in [0, 0.05) is 6.42 Å². The number of unbranched alkanes of at least 4 members (excludes halogenated alkanes) is 6. The Morgan fingerprint density at radius 1 is 1.04 bits per heavy atom. The van der Waals surface area contributed by atoms with Crippen LogP contribution in [0.1, 0.15) is 97.3 Å². The van der Waals surface area contributed by atoms with Gasteiger partial charge in [0.15, 0.2) is 0 Å². The highest BCUT2D eigenvalue weighted by Crippen LogP contribution is 2.40. The standard InChI is InChI=1S/C21H40O4/c1-3-4-5-8-11-16(2)21(25)18-14-15-19(22)17(18)12-9-6-7-10-13-20(23)24/h16-19,21-22,25H,3-15H2,1-2H3,(H,23,24)/t16?,17-,18+,19?,21?/m0/s1. The molecule has 0 aliphatic heterocycles. The molecule has 4 heteroatoms. The number of aliphatic hydroxyl groups excluding tert-OH is 2. The van der Waals surface area contributed by atoms with Gasteiger partial charge in [-0.1, -0.05) is 58.8 Å². The highest BCUT2D eigenvalue weighted by molar-refractivity contribution is 5.66. The highest BCUT2D eigenvalue weighted by atomic mass is 16.4. The zero-order valence-corrected chi connectivity index (χ0v) is 16.3. The summed E-state index contributed by atoms with van der Waals surface area (Å²) in [6.07, 6.45) is 12.1. The molecule has 0 heterocycles. The Bertz CT molecular complexity index is 358. The maximum absolute atomic E-state index is 10.8. The summed E-state index contributed by atoms with van der Waals surface area (Å²) in [5.41, 5.74) is 0. The van der Waals surface area contributed by atoms with Crippen molar-refractivity contribution in [1.29, 1.82) is 0 Å². The fourth-order valence-corrected chi connectivity index (χ4v) is 4.40. The van der Waals surface area contributed by atoms with Gasteiger partial charge in [0.2, 0.25) is 0 Å². The van der Waals surface area contributed by atoms with Crippen LogP contribution >= 0.6 is 0 Å². The van der Waals surface area contributed by atoms with Gasteiger partial charge in [-0.2, -0.15) is 0 Å². The largest absolute Gasteiger partial charge is 0.481 e. The van der Waals surface area contributed by atoms with Gasteiger partial charge in [-0.15, -0.1) is 0 Å². The molecule has 0 aromatic rings. The zero-order chi connectivity index (χ0) is 18.7. The van der Waals surface area contributed by atoms with Crippen LogP contribution in [0.4, 0.5) is 0 Å². The van der Waals surface area contributed by atoms with Gasteiger partial charge < -0.3 is 15.3 Å². The van der Waals surface area contributed by atoms with Gasteiger partial charge in [0.1, 0.15) is 0 Å². The van der Waals surface area contributed by atoms with Crippen molar-refractivity contribution in [2.24, 2.45) is 17.8 Å². The second-order valence-corrected chi connectivity index (χ2v) is 8.14. The first kappa shape index (κ1) is 22.4. The van der Waals surface area contributed by atoms with E-state index in [4.69, 9.17) is 5.11 Å². The van der Waals surface area contributed by atoms with Crippen molar-refractivity contribution in [3.8, 4) is 0 Å². The molecule has 0 bridgehead atoms. The van der Waals surface area contributed by atoms with Crippen molar-refractivity contribution >= 4 is 5.97 Å². The van der Waals surface area contributed by atoms with Crippen LogP contribution in [0.15, 0.2) is 0 Å². The van der Waals surface area contributed by atoms with Gasteiger partial charge in [-0.05, 0) is 49.9 Å². The van der Waals surface area contributed by atoms with Crippen LogP contribution in [0.2, 0.25) is 0 Å². The molecule has 3 N–H and O–H groups in total. The predicted molar refractivity (Wildman–Crippen MR) is 101 cm³/mol. The number of aliphatic hydroxyl groups is 2. The highest BCUT2D eigenvalue weighted by Gasteiger charge is 2.39. The summed E-state index contributed by atoms with van der Waals surface area (Å²) >= 11 is 0. The van der Waals surface area contributed by atoms with E-state index in [1.807, 2.05) is 0 Å². The number of carboxylic acid groups (broad SMARTS) is 1. The number of aliphatic carboxylic acids is 1. The molecule has 1 saturated carbocycles. The van der Waals surface area contributed by atoms with E-state index in [1.165, 1.54) is 25.7 Å². The predicted octanol–water partition coefficient (Wildman–Crippen LogP) is 4.77. The number of hydrogen-bond donors (Lipinski definition) is 3. The number of rotatable bonds is 14. The lowest BCUT2D eigenvalue weighted by Gasteiger charge is -2.30. The first-order chi connectivity index (χ1) is 12.0. The van der Waals surface area contributed by atoms with Crippen molar-refractivity contribution in [3.63, 3.8) is 0 Å². The Kier molecular flexibility index (Phi) is 11.4. The number of hydrogen-bond acceptors (Lipinski definition) is 3. The molecule has 3 unspecified atom stereocenters. The Balaban J connectivity index is 2.32. The molecule has 5 atom stereocenters. The minimum absolute atomic E-state index is 0.215. The van der Waals surface area contributed by atoms with E-state index in [1.54, 1.807) is 0 Å². The molecule has 1 aliphatic rings. The summed E-state index contributed by atoms with van der Waals surface area (Å²) in [7, 11) is 0. The van der Waals surface area contributed by atoms with Gasteiger partial charge in [-0.25, -0.2) is 0 Å². The van der Waals surface area contributed by atoms with Crippen LogP contribution in [0.5, 0.6) is 0 Å². The van der Waals surface area contributed by atoms with Crippen LogP contribution in [0.25, 0.3) is 0 Å². The fraction of sp³-hybridized carbons (Fsp3) is 0.952. The van der Waals surface area contributed by atoms with Crippen molar-refractivity contribution in [3.05, 3.63) is 0 Å². The van der Waals surface area contributed by atoms with E-state index in [9.17, 15) is 15.0 Å². The van der Waals surface area contributed by atoms with Gasteiger partial charge in [-0.3, -0.25) is 4.79 Å². The smallest absolute Gasteiger partial charge is 0.303 e. The molecule has 0 spiro atoms. The van der Waals surface area contributed by atoms with Crippen molar-refractivity contribution in [2.45, 2.75) is 110 Å². The van der Waals surface area contributed by atoms with Crippen molar-refractivity contribution in [2.75, 3.05) is 0 Å². The Labute approximate surface area is 154 Å². The molecule has 1 aliphatic carbocycles. The second-order valence-electron chi connectivity index (χ2n) is 8.14. The molecule has 25 heavy (non-hydrogen) atoms. The quantitative estimate of drug-likeness (QED) is 0.392. The monoisotopic (exact) mass is 356 g/mol. The SMILES string of the molecule is CCCCCCC(C)C(O)[C@@H]1CCC(O)[C@H]1CCCCCCC(=O)O. The summed E-state index contributed by atoms with van der Waals surface area (Å²) in [5, 5.41) is 29.8. The first-order valence-electron chi connectivity index (χ1n) is 10.5. The number of carboxylic acids is 1. The average molecular weight is 357 g/mol. The lowest BCUT2D eigenvalue weighted by Crippen LogP contribution is -2.33. The zero-order valence-electron chi connectivity index (χ0n) is 16.3. The molecule has 0 aromatic heterocycles. The van der Waals surface area contributed by atoms with E-state index in [2.05, 4.69) is 13.8 Å². The van der Waals surface area contributed by atoms with Crippen LogP contribution < -0.4 is 0 Å². The van der Waals surface area contributed by atoms with Crippen molar-refractivity contribution < 1.29 is 20.1 Å². The Morgan fingerprint density at radius 2 is 1.72 bits per heavy atom. The van der Waals surface area contributed by atoms with Crippen molar-refractivity contribution in [1.82, 2.24) is 0 Å². The third-order valence-electron chi connectivity index (χ3n) is 6.05.